The summed E-state index contributed by atoms with van der Waals surface area (Å²) in [5, 5.41) is 10.1. The Morgan fingerprint density at radius 2 is 1.73 bits per heavy atom. The van der Waals surface area contributed by atoms with E-state index in [1.165, 1.54) is 16.7 Å². The van der Waals surface area contributed by atoms with Crippen molar-refractivity contribution < 1.29 is 13.2 Å². The zero-order valence-corrected chi connectivity index (χ0v) is 24.5. The zero-order valence-electron chi connectivity index (χ0n) is 22.9. The highest BCUT2D eigenvalue weighted by atomic mass is 32.2. The molecule has 0 saturated heterocycles. The number of primary sulfonamides is 1. The first-order valence-electron chi connectivity index (χ1n) is 13.1. The summed E-state index contributed by atoms with van der Waals surface area (Å²) in [5.74, 6) is -0.329. The molecule has 0 radical (unpaired) electrons. The molecule has 41 heavy (non-hydrogen) atoms. The summed E-state index contributed by atoms with van der Waals surface area (Å²) >= 11 is 1.15. The molecule has 0 saturated carbocycles. The van der Waals surface area contributed by atoms with Gasteiger partial charge in [0.25, 0.3) is 11.5 Å². The summed E-state index contributed by atoms with van der Waals surface area (Å²) in [6.07, 6.45) is 2.03. The Balaban J connectivity index is 1.43. The summed E-state index contributed by atoms with van der Waals surface area (Å²) in [7, 11) is -3.79. The van der Waals surface area contributed by atoms with Crippen LogP contribution in [0.4, 0.5) is 5.69 Å². The third-order valence-electron chi connectivity index (χ3n) is 6.46. The fourth-order valence-electron chi connectivity index (χ4n) is 4.24. The number of hydrogen-bond donors (Lipinski definition) is 2. The smallest absolute Gasteiger partial charge is 0.262 e. The van der Waals surface area contributed by atoms with Gasteiger partial charge in [-0.2, -0.15) is 5.10 Å². The third kappa shape index (κ3) is 7.81. The molecule has 0 unspecified atom stereocenters. The number of hydrazone groups is 1. The van der Waals surface area contributed by atoms with Crippen LogP contribution in [0.1, 0.15) is 25.0 Å². The van der Waals surface area contributed by atoms with Gasteiger partial charge in [0.1, 0.15) is 0 Å². The van der Waals surface area contributed by atoms with Gasteiger partial charge >= 0.3 is 0 Å². The minimum absolute atomic E-state index is 0.00603. The van der Waals surface area contributed by atoms with E-state index in [-0.39, 0.29) is 28.7 Å². The van der Waals surface area contributed by atoms with Crippen LogP contribution >= 0.6 is 11.8 Å². The van der Waals surface area contributed by atoms with Crippen molar-refractivity contribution >= 4 is 50.5 Å². The molecule has 12 heteroatoms. The van der Waals surface area contributed by atoms with E-state index in [1.54, 1.807) is 42.6 Å². The average molecular weight is 593 g/mol. The Morgan fingerprint density at radius 3 is 2.39 bits per heavy atom. The minimum atomic E-state index is -3.79. The van der Waals surface area contributed by atoms with Gasteiger partial charge in [-0.25, -0.2) is 24.0 Å². The SMILES string of the molecule is CCN(CC)c1ccc(/C=N/NC(=O)CSc2nc3ccccc3c(=O)n2CCc2ccc(S(N)(=O)=O)cc2)cc1. The van der Waals surface area contributed by atoms with E-state index in [2.05, 4.69) is 34.3 Å². The highest BCUT2D eigenvalue weighted by Crippen LogP contribution is 2.19. The first-order chi connectivity index (χ1) is 19.7. The molecular formula is C29H32N6O4S2. The number of amides is 1. The van der Waals surface area contributed by atoms with E-state index in [9.17, 15) is 18.0 Å². The number of aryl methyl sites for hydroxylation is 1. The normalized spacial score (nSPS) is 11.7. The first-order valence-corrected chi connectivity index (χ1v) is 15.6. The van der Waals surface area contributed by atoms with Gasteiger partial charge in [0.15, 0.2) is 5.16 Å². The van der Waals surface area contributed by atoms with Crippen LogP contribution in [0.25, 0.3) is 10.9 Å². The maximum absolute atomic E-state index is 13.3. The van der Waals surface area contributed by atoms with Crippen LogP contribution in [0, 0.1) is 0 Å². The lowest BCUT2D eigenvalue weighted by Crippen LogP contribution is -2.26. The molecule has 1 amide bonds. The van der Waals surface area contributed by atoms with Crippen molar-refractivity contribution in [2.75, 3.05) is 23.7 Å². The van der Waals surface area contributed by atoms with Crippen LogP contribution in [0.15, 0.2) is 92.7 Å². The maximum Gasteiger partial charge on any atom is 0.262 e. The van der Waals surface area contributed by atoms with Crippen molar-refractivity contribution in [1.82, 2.24) is 15.0 Å². The van der Waals surface area contributed by atoms with Crippen molar-refractivity contribution in [3.63, 3.8) is 0 Å². The number of thioether (sulfide) groups is 1. The second kappa shape index (κ2) is 13.6. The largest absolute Gasteiger partial charge is 0.372 e. The molecule has 4 aromatic rings. The summed E-state index contributed by atoms with van der Waals surface area (Å²) in [5.41, 5.74) is 5.67. The molecule has 1 aromatic heterocycles. The number of carbonyl (C=O) groups excluding carboxylic acids is 1. The predicted molar refractivity (Wildman–Crippen MR) is 164 cm³/mol. The molecule has 3 aromatic carbocycles. The zero-order chi connectivity index (χ0) is 29.4. The second-order valence-electron chi connectivity index (χ2n) is 9.15. The van der Waals surface area contributed by atoms with Crippen molar-refractivity contribution in [3.05, 3.63) is 94.3 Å². The minimum Gasteiger partial charge on any atom is -0.372 e. The lowest BCUT2D eigenvalue weighted by atomic mass is 10.1. The number of sulfonamides is 1. The van der Waals surface area contributed by atoms with Crippen LogP contribution in [-0.2, 0) is 27.8 Å². The van der Waals surface area contributed by atoms with Crippen molar-refractivity contribution in [2.45, 2.75) is 36.9 Å². The molecule has 0 atom stereocenters. The van der Waals surface area contributed by atoms with Gasteiger partial charge in [-0.1, -0.05) is 48.2 Å². The van der Waals surface area contributed by atoms with Crippen LogP contribution < -0.4 is 21.0 Å². The van der Waals surface area contributed by atoms with Crippen molar-refractivity contribution in [3.8, 4) is 0 Å². The van der Waals surface area contributed by atoms with E-state index in [1.807, 2.05) is 24.3 Å². The quantitative estimate of drug-likeness (QED) is 0.111. The number of aromatic nitrogens is 2. The first kappa shape index (κ1) is 30.0. The van der Waals surface area contributed by atoms with Gasteiger partial charge in [-0.15, -0.1) is 0 Å². The predicted octanol–water partition coefficient (Wildman–Crippen LogP) is 3.38. The molecule has 0 fully saturated rings. The number of para-hydroxylation sites is 1. The highest BCUT2D eigenvalue weighted by Gasteiger charge is 2.14. The molecule has 0 aliphatic rings. The summed E-state index contributed by atoms with van der Waals surface area (Å²) in [6, 6.07) is 21.2. The number of rotatable bonds is 12. The number of fused-ring (bicyclic) bond motifs is 1. The molecule has 0 spiro atoms. The molecular weight excluding hydrogens is 560 g/mol. The van der Waals surface area contributed by atoms with Gasteiger partial charge in [0.2, 0.25) is 10.0 Å². The fraction of sp³-hybridized carbons (Fsp3) is 0.241. The van der Waals surface area contributed by atoms with Crippen LogP contribution in [-0.4, -0.2) is 48.9 Å². The molecule has 0 aliphatic carbocycles. The van der Waals surface area contributed by atoms with Gasteiger partial charge in [0.05, 0.1) is 27.8 Å². The van der Waals surface area contributed by atoms with Crippen LogP contribution in [0.2, 0.25) is 0 Å². The third-order valence-corrected chi connectivity index (χ3v) is 8.37. The Bertz CT molecular complexity index is 1700. The Morgan fingerprint density at radius 1 is 1.05 bits per heavy atom. The molecule has 0 bridgehead atoms. The van der Waals surface area contributed by atoms with Crippen LogP contribution in [0.3, 0.4) is 0 Å². The summed E-state index contributed by atoms with van der Waals surface area (Å²) < 4.78 is 24.6. The number of nitrogens with one attached hydrogen (secondary N) is 1. The lowest BCUT2D eigenvalue weighted by molar-refractivity contribution is -0.118. The van der Waals surface area contributed by atoms with Crippen molar-refractivity contribution in [2.24, 2.45) is 10.2 Å². The summed E-state index contributed by atoms with van der Waals surface area (Å²) in [6.45, 7) is 6.35. The monoisotopic (exact) mass is 592 g/mol. The van der Waals surface area contributed by atoms with E-state index in [0.29, 0.717) is 22.5 Å². The lowest BCUT2D eigenvalue weighted by Gasteiger charge is -2.20. The van der Waals surface area contributed by atoms with Gasteiger partial charge < -0.3 is 4.90 Å². The number of nitrogens with zero attached hydrogens (tertiary/aromatic N) is 4. The average Bonchev–Trinajstić information content (AvgIpc) is 2.97. The molecule has 4 rings (SSSR count). The standard InChI is InChI=1S/C29H32N6O4S2/c1-3-34(4-2)23-13-9-22(10-14-23)19-31-33-27(36)20-40-29-32-26-8-6-5-7-25(26)28(37)35(29)18-17-21-11-15-24(16-12-21)41(30,38)39/h5-16,19H,3-4,17-18,20H2,1-2H3,(H,33,36)(H2,30,38,39)/b31-19+. The van der Waals surface area contributed by atoms with Gasteiger partial charge in [0, 0.05) is 25.3 Å². The van der Waals surface area contributed by atoms with E-state index in [4.69, 9.17) is 5.14 Å². The van der Waals surface area contributed by atoms with Gasteiger partial charge in [-0.05, 0) is 67.8 Å². The van der Waals surface area contributed by atoms with Crippen molar-refractivity contribution in [1.29, 1.82) is 0 Å². The molecule has 214 valence electrons. The summed E-state index contributed by atoms with van der Waals surface area (Å²) in [4.78, 5) is 32.8. The fourth-order valence-corrected chi connectivity index (χ4v) is 5.58. The number of nitrogens with two attached hydrogens (primary N) is 1. The second-order valence-corrected chi connectivity index (χ2v) is 11.7. The van der Waals surface area contributed by atoms with E-state index < -0.39 is 10.0 Å². The Labute approximate surface area is 243 Å². The van der Waals surface area contributed by atoms with Gasteiger partial charge in [-0.3, -0.25) is 14.2 Å². The van der Waals surface area contributed by atoms with E-state index in [0.717, 1.165) is 41.7 Å². The number of anilines is 1. The highest BCUT2D eigenvalue weighted by molar-refractivity contribution is 7.99. The topological polar surface area (TPSA) is 140 Å². The Hall–Kier alpha value is -4.00. The molecule has 10 nitrogen and oxygen atoms in total. The molecule has 1 heterocycles. The number of carbonyl (C=O) groups is 1. The Kier molecular flexibility index (Phi) is 9.92. The number of benzene rings is 3. The molecule has 0 aliphatic heterocycles. The molecule has 3 N–H and O–H groups in total. The van der Waals surface area contributed by atoms with E-state index >= 15 is 0 Å². The maximum atomic E-state index is 13.3. The number of hydrogen-bond acceptors (Lipinski definition) is 8. The van der Waals surface area contributed by atoms with Crippen LogP contribution in [0.5, 0.6) is 0 Å².